The maximum atomic E-state index is 11.9. The summed E-state index contributed by atoms with van der Waals surface area (Å²) in [6, 6.07) is 3.97. The summed E-state index contributed by atoms with van der Waals surface area (Å²) in [5.74, 6) is 2.77. The number of hydrogen-bond acceptors (Lipinski definition) is 3. The molecule has 1 heterocycles. The first-order valence-corrected chi connectivity index (χ1v) is 7.47. The zero-order valence-corrected chi connectivity index (χ0v) is 11.2. The van der Waals surface area contributed by atoms with Gasteiger partial charge in [0, 0.05) is 6.04 Å². The van der Waals surface area contributed by atoms with Gasteiger partial charge >= 0.3 is 0 Å². The molecule has 4 heteroatoms. The summed E-state index contributed by atoms with van der Waals surface area (Å²) in [4.78, 5) is 11.9. The summed E-state index contributed by atoms with van der Waals surface area (Å²) in [6.45, 7) is 2.23. The second-order valence-electron chi connectivity index (χ2n) is 4.79. The van der Waals surface area contributed by atoms with Gasteiger partial charge in [-0.3, -0.25) is 4.79 Å². The van der Waals surface area contributed by atoms with E-state index in [4.69, 9.17) is 4.42 Å². The lowest BCUT2D eigenvalue weighted by Gasteiger charge is -2.10. The summed E-state index contributed by atoms with van der Waals surface area (Å²) in [5.41, 5.74) is 0. The standard InChI is InChI=1S/C13H19NO2S/c1-9-3-4-10(7-9)14-13(15)12-6-5-11(16-12)8-17-2/h5-6,9-10H,3-4,7-8H2,1-2H3,(H,14,15). The average molecular weight is 253 g/mol. The van der Waals surface area contributed by atoms with Crippen LogP contribution in [-0.4, -0.2) is 18.2 Å². The quantitative estimate of drug-likeness (QED) is 0.896. The van der Waals surface area contributed by atoms with Gasteiger partial charge < -0.3 is 9.73 Å². The van der Waals surface area contributed by atoms with Crippen molar-refractivity contribution in [3.8, 4) is 0 Å². The van der Waals surface area contributed by atoms with Crippen LogP contribution in [0.3, 0.4) is 0 Å². The minimum Gasteiger partial charge on any atom is -0.455 e. The lowest BCUT2D eigenvalue weighted by atomic mass is 10.1. The fourth-order valence-corrected chi connectivity index (χ4v) is 2.75. The molecule has 1 amide bonds. The summed E-state index contributed by atoms with van der Waals surface area (Å²) in [7, 11) is 0. The van der Waals surface area contributed by atoms with Gasteiger partial charge in [-0.05, 0) is 43.6 Å². The highest BCUT2D eigenvalue weighted by Crippen LogP contribution is 2.25. The molecule has 1 aliphatic rings. The molecule has 0 bridgehead atoms. The van der Waals surface area contributed by atoms with Crippen LogP contribution in [-0.2, 0) is 5.75 Å². The Hall–Kier alpha value is -0.900. The van der Waals surface area contributed by atoms with Crippen LogP contribution in [0.15, 0.2) is 16.5 Å². The first-order chi connectivity index (χ1) is 8.19. The highest BCUT2D eigenvalue weighted by molar-refractivity contribution is 7.97. The molecule has 2 rings (SSSR count). The number of hydrogen-bond donors (Lipinski definition) is 1. The smallest absolute Gasteiger partial charge is 0.287 e. The zero-order chi connectivity index (χ0) is 12.3. The van der Waals surface area contributed by atoms with Crippen LogP contribution in [0.4, 0.5) is 0 Å². The first-order valence-electron chi connectivity index (χ1n) is 6.07. The van der Waals surface area contributed by atoms with Gasteiger partial charge in [-0.15, -0.1) is 0 Å². The molecule has 0 aromatic carbocycles. The number of carbonyl (C=O) groups excluding carboxylic acids is 1. The summed E-state index contributed by atoms with van der Waals surface area (Å²) in [5, 5.41) is 3.04. The van der Waals surface area contributed by atoms with Crippen molar-refractivity contribution < 1.29 is 9.21 Å². The molecule has 0 aliphatic heterocycles. The van der Waals surface area contributed by atoms with Crippen LogP contribution in [0.5, 0.6) is 0 Å². The normalized spacial score (nSPS) is 23.9. The largest absolute Gasteiger partial charge is 0.455 e. The van der Waals surface area contributed by atoms with Crippen molar-refractivity contribution in [3.63, 3.8) is 0 Å². The molecule has 0 radical (unpaired) electrons. The van der Waals surface area contributed by atoms with Gasteiger partial charge in [-0.2, -0.15) is 11.8 Å². The van der Waals surface area contributed by atoms with Gasteiger partial charge in [0.2, 0.25) is 0 Å². The van der Waals surface area contributed by atoms with Crippen molar-refractivity contribution in [2.75, 3.05) is 6.26 Å². The van der Waals surface area contributed by atoms with E-state index in [-0.39, 0.29) is 5.91 Å². The SMILES string of the molecule is CSCc1ccc(C(=O)NC2CCC(C)C2)o1. The number of rotatable bonds is 4. The van der Waals surface area contributed by atoms with Gasteiger partial charge in [0.05, 0.1) is 5.75 Å². The molecule has 1 aliphatic carbocycles. The summed E-state index contributed by atoms with van der Waals surface area (Å²) < 4.78 is 5.49. The van der Waals surface area contributed by atoms with Crippen LogP contribution in [0, 0.1) is 5.92 Å². The van der Waals surface area contributed by atoms with Crippen molar-refractivity contribution in [2.24, 2.45) is 5.92 Å². The minimum absolute atomic E-state index is 0.0727. The molecule has 2 atom stereocenters. The fraction of sp³-hybridized carbons (Fsp3) is 0.615. The van der Waals surface area contributed by atoms with E-state index >= 15 is 0 Å². The molecule has 2 unspecified atom stereocenters. The van der Waals surface area contributed by atoms with E-state index in [0.717, 1.165) is 30.3 Å². The molecule has 1 saturated carbocycles. The summed E-state index contributed by atoms with van der Waals surface area (Å²) in [6.07, 6.45) is 5.40. The van der Waals surface area contributed by atoms with Crippen molar-refractivity contribution >= 4 is 17.7 Å². The molecule has 1 aromatic heterocycles. The average Bonchev–Trinajstić information content (AvgIpc) is 2.88. The van der Waals surface area contributed by atoms with E-state index in [2.05, 4.69) is 12.2 Å². The molecule has 1 N–H and O–H groups in total. The zero-order valence-electron chi connectivity index (χ0n) is 10.4. The van der Waals surface area contributed by atoms with Crippen molar-refractivity contribution in [1.29, 1.82) is 0 Å². The fourth-order valence-electron chi connectivity index (χ4n) is 2.31. The molecule has 3 nitrogen and oxygen atoms in total. The van der Waals surface area contributed by atoms with Crippen molar-refractivity contribution in [3.05, 3.63) is 23.7 Å². The molecule has 0 saturated heterocycles. The van der Waals surface area contributed by atoms with Crippen LogP contribution >= 0.6 is 11.8 Å². The van der Waals surface area contributed by atoms with Crippen LogP contribution in [0.1, 0.15) is 42.5 Å². The third-order valence-corrected chi connectivity index (χ3v) is 3.78. The predicted molar refractivity (Wildman–Crippen MR) is 70.2 cm³/mol. The van der Waals surface area contributed by atoms with Crippen LogP contribution in [0.2, 0.25) is 0 Å². The number of amides is 1. The first kappa shape index (κ1) is 12.6. The number of carbonyl (C=O) groups is 1. The molecular weight excluding hydrogens is 234 g/mol. The van der Waals surface area contributed by atoms with E-state index in [1.165, 1.54) is 6.42 Å². The predicted octanol–water partition coefficient (Wildman–Crippen LogP) is 3.06. The van der Waals surface area contributed by atoms with Crippen LogP contribution in [0.25, 0.3) is 0 Å². The Morgan fingerprint density at radius 2 is 2.35 bits per heavy atom. The van der Waals surface area contributed by atoms with Gasteiger partial charge in [-0.25, -0.2) is 0 Å². The second-order valence-corrected chi connectivity index (χ2v) is 5.65. The Morgan fingerprint density at radius 1 is 1.53 bits per heavy atom. The van der Waals surface area contributed by atoms with Crippen molar-refractivity contribution in [1.82, 2.24) is 5.32 Å². The third kappa shape index (κ3) is 3.28. The number of nitrogens with one attached hydrogen (secondary N) is 1. The Bertz CT molecular complexity index is 389. The minimum atomic E-state index is -0.0727. The molecular formula is C13H19NO2S. The Balaban J connectivity index is 1.90. The van der Waals surface area contributed by atoms with E-state index in [0.29, 0.717) is 11.8 Å². The maximum Gasteiger partial charge on any atom is 0.287 e. The highest BCUT2D eigenvalue weighted by Gasteiger charge is 2.24. The Kier molecular flexibility index (Phi) is 4.15. The van der Waals surface area contributed by atoms with E-state index < -0.39 is 0 Å². The van der Waals surface area contributed by atoms with Crippen LogP contribution < -0.4 is 5.32 Å². The number of furan rings is 1. The van der Waals surface area contributed by atoms with E-state index in [1.807, 2.05) is 12.3 Å². The monoisotopic (exact) mass is 253 g/mol. The molecule has 1 fully saturated rings. The number of thioether (sulfide) groups is 1. The van der Waals surface area contributed by atoms with Gasteiger partial charge in [-0.1, -0.05) is 6.92 Å². The van der Waals surface area contributed by atoms with Gasteiger partial charge in [0.15, 0.2) is 5.76 Å². The Morgan fingerprint density at radius 3 is 3.00 bits per heavy atom. The summed E-state index contributed by atoms with van der Waals surface area (Å²) >= 11 is 1.69. The Labute approximate surface area is 106 Å². The molecule has 0 spiro atoms. The topological polar surface area (TPSA) is 42.2 Å². The molecule has 1 aromatic rings. The van der Waals surface area contributed by atoms with E-state index in [1.54, 1.807) is 17.8 Å². The van der Waals surface area contributed by atoms with Gasteiger partial charge in [0.1, 0.15) is 5.76 Å². The highest BCUT2D eigenvalue weighted by atomic mass is 32.2. The molecule has 17 heavy (non-hydrogen) atoms. The maximum absolute atomic E-state index is 11.9. The second kappa shape index (κ2) is 5.63. The van der Waals surface area contributed by atoms with E-state index in [9.17, 15) is 4.79 Å². The lowest BCUT2D eigenvalue weighted by molar-refractivity contribution is 0.0908. The van der Waals surface area contributed by atoms with Gasteiger partial charge in [0.25, 0.3) is 5.91 Å². The molecule has 94 valence electrons. The third-order valence-electron chi connectivity index (χ3n) is 3.20. The lowest BCUT2D eigenvalue weighted by Crippen LogP contribution is -2.32. The van der Waals surface area contributed by atoms with Crippen molar-refractivity contribution in [2.45, 2.75) is 38.0 Å².